The highest BCUT2D eigenvalue weighted by Crippen LogP contribution is 2.68. The van der Waals surface area contributed by atoms with Crippen molar-refractivity contribution in [3.63, 3.8) is 0 Å². The molecular weight excluding hydrogens is 422 g/mol. The Morgan fingerprint density at radius 3 is 2.45 bits per heavy atom. The Balaban J connectivity index is 1.49. The van der Waals surface area contributed by atoms with Gasteiger partial charge in [0.25, 0.3) is 0 Å². The van der Waals surface area contributed by atoms with E-state index >= 15 is 0 Å². The van der Waals surface area contributed by atoms with Gasteiger partial charge in [-0.2, -0.15) is 0 Å². The SMILES string of the molecule is C[C@H](CCC(=O)NCC(=O)O)C1CCC2C3C(C[C@H](O)[C@@]21C)[C@@]1(C)CC[C@@H](O)C[C@H]1C[C@H]3O. The van der Waals surface area contributed by atoms with Crippen LogP contribution in [0.5, 0.6) is 0 Å². The van der Waals surface area contributed by atoms with Crippen LogP contribution in [-0.2, 0) is 9.59 Å². The van der Waals surface area contributed by atoms with E-state index in [2.05, 4.69) is 26.1 Å². The van der Waals surface area contributed by atoms with Crippen molar-refractivity contribution < 1.29 is 30.0 Å². The fourth-order valence-electron chi connectivity index (χ4n) is 8.95. The van der Waals surface area contributed by atoms with Crippen LogP contribution in [0.2, 0.25) is 0 Å². The third-order valence-electron chi connectivity index (χ3n) is 10.8. The fourth-order valence-corrected chi connectivity index (χ4v) is 8.95. The molecule has 4 saturated carbocycles. The van der Waals surface area contributed by atoms with Crippen molar-refractivity contribution in [1.29, 1.82) is 0 Å². The number of carboxylic acid groups (broad SMARTS) is 1. The second kappa shape index (κ2) is 9.12. The highest BCUT2D eigenvalue weighted by Gasteiger charge is 2.65. The topological polar surface area (TPSA) is 127 Å². The number of hydrogen-bond donors (Lipinski definition) is 5. The second-order valence-electron chi connectivity index (χ2n) is 12.2. The van der Waals surface area contributed by atoms with Crippen LogP contribution < -0.4 is 5.32 Å². The fraction of sp³-hybridized carbons (Fsp3) is 0.923. The number of carbonyl (C=O) groups is 2. The van der Waals surface area contributed by atoms with Gasteiger partial charge in [-0.05, 0) is 97.7 Å². The second-order valence-corrected chi connectivity index (χ2v) is 12.2. The van der Waals surface area contributed by atoms with E-state index in [1.165, 1.54) is 0 Å². The van der Waals surface area contributed by atoms with E-state index < -0.39 is 12.1 Å². The molecule has 33 heavy (non-hydrogen) atoms. The third kappa shape index (κ3) is 4.23. The average Bonchev–Trinajstić information content (AvgIpc) is 3.11. The molecule has 0 aliphatic heterocycles. The number of nitrogens with one attached hydrogen (secondary N) is 1. The highest BCUT2D eigenvalue weighted by atomic mass is 16.4. The number of rotatable bonds is 6. The van der Waals surface area contributed by atoms with E-state index in [0.29, 0.717) is 25.2 Å². The molecule has 4 aliphatic rings. The van der Waals surface area contributed by atoms with Crippen molar-refractivity contribution in [2.45, 2.75) is 96.9 Å². The third-order valence-corrected chi connectivity index (χ3v) is 10.8. The Bertz CT molecular complexity index is 759. The van der Waals surface area contributed by atoms with E-state index in [0.717, 1.165) is 38.5 Å². The van der Waals surface area contributed by atoms with Gasteiger partial charge in [0, 0.05) is 6.42 Å². The normalized spacial score (nSPS) is 47.7. The molecule has 1 amide bonds. The summed E-state index contributed by atoms with van der Waals surface area (Å²) < 4.78 is 0. The standard InChI is InChI=1S/C26H43NO6/c1-14(4-7-22(31)27-13-23(32)33)17-5-6-18-24-19(12-21(30)26(17,18)3)25(2)9-8-16(28)10-15(25)11-20(24)29/h14-21,24,28-30H,4-13H2,1-3H3,(H,27,31)(H,32,33)/t14-,15+,16-,17?,18?,19?,20-,21+,24?,25+,26-/m1/s1. The predicted octanol–water partition coefficient (Wildman–Crippen LogP) is 2.56. The Labute approximate surface area is 197 Å². The smallest absolute Gasteiger partial charge is 0.322 e. The van der Waals surface area contributed by atoms with Crippen molar-refractivity contribution in [3.8, 4) is 0 Å². The van der Waals surface area contributed by atoms with Gasteiger partial charge in [-0.3, -0.25) is 9.59 Å². The summed E-state index contributed by atoms with van der Waals surface area (Å²) in [7, 11) is 0. The van der Waals surface area contributed by atoms with Crippen LogP contribution in [0.4, 0.5) is 0 Å². The monoisotopic (exact) mass is 465 g/mol. The largest absolute Gasteiger partial charge is 0.480 e. The zero-order chi connectivity index (χ0) is 24.1. The number of carbonyl (C=O) groups excluding carboxylic acids is 1. The van der Waals surface area contributed by atoms with Gasteiger partial charge in [0.1, 0.15) is 6.54 Å². The molecule has 0 bridgehead atoms. The van der Waals surface area contributed by atoms with Gasteiger partial charge in [0.05, 0.1) is 18.3 Å². The first-order chi connectivity index (χ1) is 15.5. The van der Waals surface area contributed by atoms with Gasteiger partial charge < -0.3 is 25.7 Å². The van der Waals surface area contributed by atoms with Gasteiger partial charge in [-0.15, -0.1) is 0 Å². The number of amides is 1. The molecule has 5 N–H and O–H groups in total. The summed E-state index contributed by atoms with van der Waals surface area (Å²) in [6.45, 7) is 6.35. The molecule has 11 atom stereocenters. The van der Waals surface area contributed by atoms with E-state index in [1.807, 2.05) is 0 Å². The van der Waals surface area contributed by atoms with Crippen LogP contribution in [0.15, 0.2) is 0 Å². The number of aliphatic hydroxyl groups excluding tert-OH is 3. The van der Waals surface area contributed by atoms with Gasteiger partial charge in [-0.1, -0.05) is 20.8 Å². The van der Waals surface area contributed by atoms with Crippen molar-refractivity contribution in [1.82, 2.24) is 5.32 Å². The lowest BCUT2D eigenvalue weighted by Gasteiger charge is -2.63. The minimum atomic E-state index is -1.04. The molecule has 0 spiro atoms. The molecule has 4 aliphatic carbocycles. The van der Waals surface area contributed by atoms with Crippen LogP contribution in [0.1, 0.15) is 78.6 Å². The first kappa shape index (κ1) is 24.9. The first-order valence-electron chi connectivity index (χ1n) is 13.0. The summed E-state index contributed by atoms with van der Waals surface area (Å²) in [4.78, 5) is 22.7. The minimum Gasteiger partial charge on any atom is -0.480 e. The summed E-state index contributed by atoms with van der Waals surface area (Å²) in [5.74, 6) is 0.265. The maximum atomic E-state index is 12.0. The maximum absolute atomic E-state index is 12.0. The predicted molar refractivity (Wildman–Crippen MR) is 123 cm³/mol. The Hall–Kier alpha value is -1.18. The Kier molecular flexibility index (Phi) is 6.89. The van der Waals surface area contributed by atoms with E-state index in [9.17, 15) is 24.9 Å². The molecule has 0 aromatic heterocycles. The summed E-state index contributed by atoms with van der Waals surface area (Å²) in [5, 5.41) is 44.4. The lowest BCUT2D eigenvalue weighted by atomic mass is 9.43. The molecular formula is C26H43NO6. The zero-order valence-electron chi connectivity index (χ0n) is 20.4. The van der Waals surface area contributed by atoms with Crippen LogP contribution in [-0.4, -0.2) is 57.2 Å². The first-order valence-corrected chi connectivity index (χ1v) is 13.0. The van der Waals surface area contributed by atoms with E-state index in [4.69, 9.17) is 5.11 Å². The van der Waals surface area contributed by atoms with E-state index in [-0.39, 0.29) is 65.1 Å². The minimum absolute atomic E-state index is 0.0668. The van der Waals surface area contributed by atoms with Gasteiger partial charge >= 0.3 is 5.97 Å². The van der Waals surface area contributed by atoms with Crippen LogP contribution in [0, 0.1) is 46.3 Å². The molecule has 188 valence electrons. The molecule has 4 rings (SSSR count). The van der Waals surface area contributed by atoms with Crippen LogP contribution in [0.3, 0.4) is 0 Å². The summed E-state index contributed by atoms with van der Waals surface area (Å²) >= 11 is 0. The molecule has 0 aromatic carbocycles. The number of hydrogen-bond acceptors (Lipinski definition) is 5. The summed E-state index contributed by atoms with van der Waals surface area (Å²) in [6, 6.07) is 0. The van der Waals surface area contributed by atoms with Gasteiger partial charge in [0.15, 0.2) is 0 Å². The lowest BCUT2D eigenvalue weighted by Crippen LogP contribution is -2.62. The van der Waals surface area contributed by atoms with Crippen LogP contribution in [0.25, 0.3) is 0 Å². The van der Waals surface area contributed by atoms with E-state index in [1.54, 1.807) is 0 Å². The summed E-state index contributed by atoms with van der Waals surface area (Å²) in [6.07, 6.45) is 5.86. The highest BCUT2D eigenvalue weighted by molar-refractivity contribution is 5.81. The van der Waals surface area contributed by atoms with Crippen LogP contribution >= 0.6 is 0 Å². The lowest BCUT2D eigenvalue weighted by molar-refractivity contribution is -0.207. The molecule has 4 fully saturated rings. The number of fused-ring (bicyclic) bond motifs is 5. The molecule has 7 nitrogen and oxygen atoms in total. The van der Waals surface area contributed by atoms with Crippen molar-refractivity contribution >= 4 is 11.9 Å². The molecule has 0 heterocycles. The summed E-state index contributed by atoms with van der Waals surface area (Å²) in [5.41, 5.74) is -0.214. The average molecular weight is 466 g/mol. The Morgan fingerprint density at radius 1 is 1.03 bits per heavy atom. The van der Waals surface area contributed by atoms with Crippen molar-refractivity contribution in [2.24, 2.45) is 46.3 Å². The van der Waals surface area contributed by atoms with Crippen molar-refractivity contribution in [3.05, 3.63) is 0 Å². The quantitative estimate of drug-likeness (QED) is 0.410. The number of carboxylic acids is 1. The van der Waals surface area contributed by atoms with Gasteiger partial charge in [-0.25, -0.2) is 0 Å². The van der Waals surface area contributed by atoms with Gasteiger partial charge in [0.2, 0.25) is 5.91 Å². The molecule has 4 unspecified atom stereocenters. The molecule has 0 saturated heterocycles. The molecule has 0 radical (unpaired) electrons. The molecule has 7 heteroatoms. The van der Waals surface area contributed by atoms with Crippen molar-refractivity contribution in [2.75, 3.05) is 6.54 Å². The number of aliphatic carboxylic acids is 1. The number of aliphatic hydroxyl groups is 3. The Morgan fingerprint density at radius 2 is 1.76 bits per heavy atom. The zero-order valence-corrected chi connectivity index (χ0v) is 20.4. The molecule has 0 aromatic rings. The maximum Gasteiger partial charge on any atom is 0.322 e.